The third-order valence-corrected chi connectivity index (χ3v) is 5.62. The molecule has 0 aliphatic carbocycles. The number of carbonyl (C=O) groups is 2. The zero-order valence-electron chi connectivity index (χ0n) is 14.9. The van der Waals surface area contributed by atoms with E-state index in [1.54, 1.807) is 7.05 Å². The van der Waals surface area contributed by atoms with Crippen LogP contribution in [0.3, 0.4) is 0 Å². The van der Waals surface area contributed by atoms with Crippen LogP contribution in [0.25, 0.3) is 11.1 Å². The second-order valence-corrected chi connectivity index (χ2v) is 7.46. The molecule has 0 fully saturated rings. The summed E-state index contributed by atoms with van der Waals surface area (Å²) in [6, 6.07) is 7.81. The van der Waals surface area contributed by atoms with Crippen LogP contribution in [0.15, 0.2) is 34.8 Å². The standard InChI is InChI=1S/C17H17N5O3S2/c1-10-4-6-11(7-5-10)12-8-26-15(14(12)16(24)25-3)18-13(23)9-27-17-19-20-21-22(17)2/h4-8H,9H2,1-3H3,(H,18,23). The van der Waals surface area contributed by atoms with E-state index in [0.29, 0.717) is 15.7 Å². The van der Waals surface area contributed by atoms with E-state index in [-0.39, 0.29) is 11.7 Å². The van der Waals surface area contributed by atoms with Gasteiger partial charge in [0.25, 0.3) is 0 Å². The molecular weight excluding hydrogens is 386 g/mol. The molecule has 10 heteroatoms. The Morgan fingerprint density at radius 3 is 2.67 bits per heavy atom. The second kappa shape index (κ2) is 8.31. The van der Waals surface area contributed by atoms with E-state index < -0.39 is 5.97 Å². The molecule has 0 saturated carbocycles. The van der Waals surface area contributed by atoms with E-state index >= 15 is 0 Å². The van der Waals surface area contributed by atoms with E-state index in [0.717, 1.165) is 16.7 Å². The van der Waals surface area contributed by atoms with Gasteiger partial charge in [-0.15, -0.1) is 16.4 Å². The first-order chi connectivity index (χ1) is 13.0. The summed E-state index contributed by atoms with van der Waals surface area (Å²) in [5.74, 6) is -0.634. The molecule has 0 aliphatic rings. The van der Waals surface area contributed by atoms with E-state index in [9.17, 15) is 9.59 Å². The summed E-state index contributed by atoms with van der Waals surface area (Å²) in [7, 11) is 3.02. The number of thioether (sulfide) groups is 1. The summed E-state index contributed by atoms with van der Waals surface area (Å²) in [6.45, 7) is 1.99. The maximum absolute atomic E-state index is 12.3. The lowest BCUT2D eigenvalue weighted by Crippen LogP contribution is -2.16. The highest BCUT2D eigenvalue weighted by atomic mass is 32.2. The number of carbonyl (C=O) groups excluding carboxylic acids is 2. The Bertz CT molecular complexity index is 965. The Morgan fingerprint density at radius 1 is 1.30 bits per heavy atom. The Hall–Kier alpha value is -2.72. The number of ether oxygens (including phenoxy) is 1. The number of benzene rings is 1. The number of methoxy groups -OCH3 is 1. The molecule has 1 aromatic carbocycles. The van der Waals surface area contributed by atoms with Gasteiger partial charge in [-0.05, 0) is 22.9 Å². The van der Waals surface area contributed by atoms with Crippen LogP contribution < -0.4 is 5.32 Å². The molecule has 1 amide bonds. The largest absolute Gasteiger partial charge is 0.465 e. The number of hydrogen-bond donors (Lipinski definition) is 1. The summed E-state index contributed by atoms with van der Waals surface area (Å²) in [5.41, 5.74) is 3.09. The third-order valence-electron chi connectivity index (χ3n) is 3.71. The summed E-state index contributed by atoms with van der Waals surface area (Å²) in [5, 5.41) is 16.7. The number of nitrogens with zero attached hydrogens (tertiary/aromatic N) is 4. The first-order valence-corrected chi connectivity index (χ1v) is 9.78. The van der Waals surface area contributed by atoms with Crippen LogP contribution in [0, 0.1) is 6.92 Å². The van der Waals surface area contributed by atoms with Crippen molar-refractivity contribution in [3.8, 4) is 11.1 Å². The minimum absolute atomic E-state index is 0.118. The number of amides is 1. The molecule has 3 aromatic rings. The van der Waals surface area contributed by atoms with Crippen LogP contribution in [0.1, 0.15) is 15.9 Å². The van der Waals surface area contributed by atoms with Crippen LogP contribution in [0.2, 0.25) is 0 Å². The monoisotopic (exact) mass is 403 g/mol. The molecule has 1 N–H and O–H groups in total. The zero-order valence-corrected chi connectivity index (χ0v) is 16.6. The fourth-order valence-electron chi connectivity index (χ4n) is 2.34. The fraction of sp³-hybridized carbons (Fsp3) is 0.235. The van der Waals surface area contributed by atoms with Crippen molar-refractivity contribution in [3.05, 3.63) is 40.8 Å². The quantitative estimate of drug-likeness (QED) is 0.499. The Balaban J connectivity index is 1.80. The summed E-state index contributed by atoms with van der Waals surface area (Å²) >= 11 is 2.50. The van der Waals surface area contributed by atoms with Gasteiger partial charge in [-0.3, -0.25) is 4.79 Å². The van der Waals surface area contributed by atoms with Gasteiger partial charge >= 0.3 is 5.97 Å². The van der Waals surface area contributed by atoms with Crippen molar-refractivity contribution in [2.75, 3.05) is 18.2 Å². The van der Waals surface area contributed by atoms with E-state index in [1.165, 1.54) is 34.9 Å². The first kappa shape index (κ1) is 19.1. The molecular formula is C17H17N5O3S2. The van der Waals surface area contributed by atoms with Gasteiger partial charge in [0.2, 0.25) is 11.1 Å². The maximum atomic E-state index is 12.3. The average Bonchev–Trinajstić information content (AvgIpc) is 3.26. The van der Waals surface area contributed by atoms with Crippen LogP contribution in [0.4, 0.5) is 5.00 Å². The van der Waals surface area contributed by atoms with Crippen LogP contribution >= 0.6 is 23.1 Å². The number of hydrogen-bond acceptors (Lipinski definition) is 8. The van der Waals surface area contributed by atoms with Gasteiger partial charge in [0.05, 0.1) is 12.9 Å². The minimum atomic E-state index is -0.493. The highest BCUT2D eigenvalue weighted by Gasteiger charge is 2.22. The van der Waals surface area contributed by atoms with Crippen molar-refractivity contribution in [1.82, 2.24) is 20.2 Å². The molecule has 2 aromatic heterocycles. The van der Waals surface area contributed by atoms with Gasteiger partial charge < -0.3 is 10.1 Å². The predicted octanol–water partition coefficient (Wildman–Crippen LogP) is 2.76. The predicted molar refractivity (Wildman–Crippen MR) is 104 cm³/mol. The molecule has 8 nitrogen and oxygen atoms in total. The zero-order chi connectivity index (χ0) is 19.4. The highest BCUT2D eigenvalue weighted by molar-refractivity contribution is 7.99. The molecule has 0 unspecified atom stereocenters. The molecule has 27 heavy (non-hydrogen) atoms. The normalized spacial score (nSPS) is 10.6. The summed E-state index contributed by atoms with van der Waals surface area (Å²) in [6.07, 6.45) is 0. The molecule has 0 spiro atoms. The van der Waals surface area contributed by atoms with Gasteiger partial charge in [-0.25, -0.2) is 9.48 Å². The number of thiophene rings is 1. The van der Waals surface area contributed by atoms with Crippen molar-refractivity contribution in [1.29, 1.82) is 0 Å². The number of nitrogens with one attached hydrogen (secondary N) is 1. The summed E-state index contributed by atoms with van der Waals surface area (Å²) < 4.78 is 6.40. The fourth-order valence-corrected chi connectivity index (χ4v) is 3.96. The number of tetrazole rings is 1. The second-order valence-electron chi connectivity index (χ2n) is 5.63. The van der Waals surface area contributed by atoms with Gasteiger partial charge in [0, 0.05) is 18.0 Å². The number of anilines is 1. The lowest BCUT2D eigenvalue weighted by molar-refractivity contribution is -0.113. The molecule has 0 saturated heterocycles. The molecule has 0 atom stereocenters. The highest BCUT2D eigenvalue weighted by Crippen LogP contribution is 2.36. The number of aryl methyl sites for hydroxylation is 2. The van der Waals surface area contributed by atoms with Gasteiger partial charge in [-0.1, -0.05) is 41.6 Å². The van der Waals surface area contributed by atoms with Gasteiger partial charge in [-0.2, -0.15) is 0 Å². The number of rotatable bonds is 6. The lowest BCUT2D eigenvalue weighted by Gasteiger charge is -2.08. The summed E-state index contributed by atoms with van der Waals surface area (Å²) in [4.78, 5) is 24.6. The van der Waals surface area contributed by atoms with Gasteiger partial charge in [0.1, 0.15) is 10.6 Å². The van der Waals surface area contributed by atoms with Crippen molar-refractivity contribution < 1.29 is 14.3 Å². The van der Waals surface area contributed by atoms with Gasteiger partial charge in [0.15, 0.2) is 0 Å². The SMILES string of the molecule is COC(=O)c1c(-c2ccc(C)cc2)csc1NC(=O)CSc1nnnn1C. The van der Waals surface area contributed by atoms with Crippen LogP contribution in [-0.4, -0.2) is 44.9 Å². The first-order valence-electron chi connectivity index (χ1n) is 7.91. The van der Waals surface area contributed by atoms with Crippen molar-refractivity contribution >= 4 is 40.0 Å². The third kappa shape index (κ3) is 4.34. The van der Waals surface area contributed by atoms with E-state index in [2.05, 4.69) is 20.8 Å². The minimum Gasteiger partial charge on any atom is -0.465 e. The molecule has 140 valence electrons. The van der Waals surface area contributed by atoms with Crippen molar-refractivity contribution in [2.24, 2.45) is 7.05 Å². The molecule has 0 radical (unpaired) electrons. The molecule has 2 heterocycles. The Labute approximate surface area is 163 Å². The van der Waals surface area contributed by atoms with Crippen molar-refractivity contribution in [3.63, 3.8) is 0 Å². The molecule has 0 aliphatic heterocycles. The maximum Gasteiger partial charge on any atom is 0.341 e. The van der Waals surface area contributed by atoms with Crippen molar-refractivity contribution in [2.45, 2.75) is 12.1 Å². The topological polar surface area (TPSA) is 99.0 Å². The van der Waals surface area contributed by atoms with Crippen LogP contribution in [0.5, 0.6) is 0 Å². The molecule has 0 bridgehead atoms. The van der Waals surface area contributed by atoms with E-state index in [1.807, 2.05) is 36.6 Å². The number of aromatic nitrogens is 4. The smallest absolute Gasteiger partial charge is 0.341 e. The van der Waals surface area contributed by atoms with E-state index in [4.69, 9.17) is 4.74 Å². The lowest BCUT2D eigenvalue weighted by atomic mass is 10.0. The number of esters is 1. The Kier molecular flexibility index (Phi) is 5.87. The average molecular weight is 403 g/mol. The van der Waals surface area contributed by atoms with Crippen LogP contribution in [-0.2, 0) is 16.6 Å². The Morgan fingerprint density at radius 2 is 2.04 bits per heavy atom. The molecule has 3 rings (SSSR count).